The van der Waals surface area contributed by atoms with Gasteiger partial charge in [-0.25, -0.2) is 0 Å². The molecule has 364 valence electrons. The van der Waals surface area contributed by atoms with E-state index in [0.717, 1.165) is 79.0 Å². The summed E-state index contributed by atoms with van der Waals surface area (Å²) in [7, 11) is 0. The Kier molecular flexibility index (Phi) is 10.5. The van der Waals surface area contributed by atoms with E-state index in [-0.39, 0.29) is 10.8 Å². The molecule has 0 atom stereocenters. The molecule has 0 saturated carbocycles. The summed E-state index contributed by atoms with van der Waals surface area (Å²) in [5, 5.41) is 0. The molecular formula is C72H56N4. The second-order valence-electron chi connectivity index (χ2n) is 21.4. The molecule has 2 heterocycles. The zero-order chi connectivity index (χ0) is 51.1. The van der Waals surface area contributed by atoms with Gasteiger partial charge in [0.15, 0.2) is 0 Å². The molecule has 2 aromatic heterocycles. The minimum absolute atomic E-state index is 0.171. The molecule has 0 unspecified atom stereocenters. The van der Waals surface area contributed by atoms with E-state index >= 15 is 0 Å². The predicted octanol–water partition coefficient (Wildman–Crippen LogP) is 19.3. The van der Waals surface area contributed by atoms with Gasteiger partial charge in [-0.2, -0.15) is 0 Å². The van der Waals surface area contributed by atoms with Gasteiger partial charge in [-0.3, -0.25) is 0 Å². The molecular weight excluding hydrogens is 921 g/mol. The van der Waals surface area contributed by atoms with Crippen LogP contribution >= 0.6 is 0 Å². The fourth-order valence-corrected chi connectivity index (χ4v) is 12.6. The standard InChI is InChI=1S/C72H56N4/c1-71(2)63-31-19-17-29-59(63)61-43-41-57(45-65(61)71)75-67(49-33-37-55(38-34-49)73(51-21-9-5-10-22-51)52-23-11-6-12-24-52)47-70-69(75)48-68(76(70)58-42-44-62-60-30-18-20-32-64(60)72(3,4)66(62)46-58)50-35-39-56(40-36-50)74(53-25-13-7-14-26-53)54-27-15-8-16-28-54/h5-48H,1-4H3. The normalized spacial score (nSPS) is 13.5. The lowest BCUT2D eigenvalue weighted by molar-refractivity contribution is 0.659. The topological polar surface area (TPSA) is 16.3 Å². The minimum Gasteiger partial charge on any atom is -0.311 e. The maximum Gasteiger partial charge on any atom is 0.0724 e. The molecule has 2 aliphatic rings. The lowest BCUT2D eigenvalue weighted by Crippen LogP contribution is -2.15. The van der Waals surface area contributed by atoms with Gasteiger partial charge in [0.25, 0.3) is 0 Å². The first-order chi connectivity index (χ1) is 37.2. The van der Waals surface area contributed by atoms with Gasteiger partial charge in [0.2, 0.25) is 0 Å². The third kappa shape index (κ3) is 7.20. The first-order valence-corrected chi connectivity index (χ1v) is 26.5. The Hall–Kier alpha value is -9.38. The molecule has 0 fully saturated rings. The Morgan fingerprint density at radius 2 is 0.553 bits per heavy atom. The van der Waals surface area contributed by atoms with Gasteiger partial charge in [-0.05, 0) is 165 Å². The van der Waals surface area contributed by atoms with Crippen LogP contribution in [0, 0.1) is 0 Å². The molecule has 0 saturated heterocycles. The van der Waals surface area contributed by atoms with Crippen molar-refractivity contribution in [3.8, 4) is 56.1 Å². The van der Waals surface area contributed by atoms with Gasteiger partial charge < -0.3 is 18.9 Å². The summed E-state index contributed by atoms with van der Waals surface area (Å²) in [4.78, 5) is 4.66. The Bertz CT molecular complexity index is 3780. The molecule has 10 aromatic carbocycles. The lowest BCUT2D eigenvalue weighted by atomic mass is 9.82. The number of para-hydroxylation sites is 4. The van der Waals surface area contributed by atoms with Crippen LogP contribution in [0.15, 0.2) is 267 Å². The van der Waals surface area contributed by atoms with Gasteiger partial charge >= 0.3 is 0 Å². The van der Waals surface area contributed by atoms with Crippen molar-refractivity contribution in [2.45, 2.75) is 38.5 Å². The molecule has 4 nitrogen and oxygen atoms in total. The molecule has 0 aliphatic heterocycles. The Morgan fingerprint density at radius 1 is 0.263 bits per heavy atom. The van der Waals surface area contributed by atoms with Crippen molar-refractivity contribution in [1.82, 2.24) is 9.13 Å². The number of hydrogen-bond donors (Lipinski definition) is 0. The van der Waals surface area contributed by atoms with Crippen molar-refractivity contribution >= 4 is 45.2 Å². The Balaban J connectivity index is 0.991. The second kappa shape index (κ2) is 17.6. The predicted molar refractivity (Wildman–Crippen MR) is 318 cm³/mol. The van der Waals surface area contributed by atoms with Crippen molar-refractivity contribution in [3.63, 3.8) is 0 Å². The van der Waals surface area contributed by atoms with E-state index in [4.69, 9.17) is 0 Å². The van der Waals surface area contributed by atoms with Crippen molar-refractivity contribution < 1.29 is 0 Å². The van der Waals surface area contributed by atoms with E-state index in [1.807, 2.05) is 0 Å². The van der Waals surface area contributed by atoms with Crippen LogP contribution in [0.4, 0.5) is 34.1 Å². The summed E-state index contributed by atoms with van der Waals surface area (Å²) in [5.41, 5.74) is 26.0. The van der Waals surface area contributed by atoms with Crippen LogP contribution in [0.25, 0.3) is 67.2 Å². The van der Waals surface area contributed by atoms with E-state index in [1.165, 1.54) is 44.5 Å². The van der Waals surface area contributed by atoms with Crippen LogP contribution in [0.2, 0.25) is 0 Å². The number of anilines is 6. The van der Waals surface area contributed by atoms with Crippen molar-refractivity contribution in [2.75, 3.05) is 9.80 Å². The summed E-state index contributed by atoms with van der Waals surface area (Å²) >= 11 is 0. The third-order valence-electron chi connectivity index (χ3n) is 16.3. The summed E-state index contributed by atoms with van der Waals surface area (Å²) < 4.78 is 5.04. The number of aromatic nitrogens is 2. The highest BCUT2D eigenvalue weighted by atomic mass is 15.1. The van der Waals surface area contributed by atoms with Crippen LogP contribution in [0.5, 0.6) is 0 Å². The Morgan fingerprint density at radius 3 is 0.895 bits per heavy atom. The largest absolute Gasteiger partial charge is 0.311 e. The van der Waals surface area contributed by atoms with Gasteiger partial charge in [-0.1, -0.05) is 185 Å². The summed E-state index contributed by atoms with van der Waals surface area (Å²) in [5.74, 6) is 0. The number of rotatable bonds is 10. The van der Waals surface area contributed by atoms with E-state index in [9.17, 15) is 0 Å². The monoisotopic (exact) mass is 976 g/mol. The number of hydrogen-bond acceptors (Lipinski definition) is 2. The van der Waals surface area contributed by atoms with Gasteiger partial charge in [0.05, 0.1) is 22.4 Å². The van der Waals surface area contributed by atoms with Crippen LogP contribution in [-0.4, -0.2) is 9.13 Å². The fraction of sp³-hybridized carbons (Fsp3) is 0.0833. The molecule has 4 heteroatoms. The van der Waals surface area contributed by atoms with Gasteiger partial charge in [0.1, 0.15) is 0 Å². The molecule has 14 rings (SSSR count). The molecule has 2 aliphatic carbocycles. The second-order valence-corrected chi connectivity index (χ2v) is 21.4. The third-order valence-corrected chi connectivity index (χ3v) is 16.3. The van der Waals surface area contributed by atoms with E-state index < -0.39 is 0 Å². The van der Waals surface area contributed by atoms with Crippen molar-refractivity contribution in [2.24, 2.45) is 0 Å². The highest BCUT2D eigenvalue weighted by Gasteiger charge is 2.37. The van der Waals surface area contributed by atoms with Crippen LogP contribution < -0.4 is 9.80 Å². The maximum atomic E-state index is 2.52. The SMILES string of the molecule is CC1(C)c2ccccc2-c2ccc(-n3c(-c4ccc(N(c5ccccc5)c5ccccc5)cc4)cc4c3cc(-c3ccc(N(c5ccccc5)c5ccccc5)cc3)n4-c3ccc4c(c3)C(C)(C)c3ccccc3-4)cc21. The average molecular weight is 977 g/mol. The highest BCUT2D eigenvalue weighted by Crippen LogP contribution is 2.52. The zero-order valence-electron chi connectivity index (χ0n) is 43.2. The minimum atomic E-state index is -0.171. The fourth-order valence-electron chi connectivity index (χ4n) is 12.6. The van der Waals surface area contributed by atoms with E-state index in [2.05, 4.69) is 314 Å². The van der Waals surface area contributed by atoms with Crippen molar-refractivity contribution in [1.29, 1.82) is 0 Å². The van der Waals surface area contributed by atoms with E-state index in [1.54, 1.807) is 0 Å². The smallest absolute Gasteiger partial charge is 0.0724 e. The first kappa shape index (κ1) is 45.3. The first-order valence-electron chi connectivity index (χ1n) is 26.5. The summed E-state index contributed by atoms with van der Waals surface area (Å²) in [6, 6.07) is 97.9. The average Bonchev–Trinajstić information content (AvgIpc) is 4.30. The molecule has 0 bridgehead atoms. The van der Waals surface area contributed by atoms with Gasteiger partial charge in [0, 0.05) is 56.3 Å². The van der Waals surface area contributed by atoms with Crippen LogP contribution in [-0.2, 0) is 10.8 Å². The lowest BCUT2D eigenvalue weighted by Gasteiger charge is -2.25. The van der Waals surface area contributed by atoms with Crippen LogP contribution in [0.3, 0.4) is 0 Å². The highest BCUT2D eigenvalue weighted by molar-refractivity contribution is 5.96. The molecule has 0 radical (unpaired) electrons. The number of nitrogens with zero attached hydrogens (tertiary/aromatic N) is 4. The molecule has 0 spiro atoms. The molecule has 0 amide bonds. The summed E-state index contributed by atoms with van der Waals surface area (Å²) in [6.45, 7) is 9.50. The maximum absolute atomic E-state index is 2.52. The zero-order valence-corrected chi connectivity index (χ0v) is 43.2. The quantitative estimate of drug-likeness (QED) is 0.136. The number of benzene rings is 10. The van der Waals surface area contributed by atoms with Crippen LogP contribution in [0.1, 0.15) is 49.9 Å². The Labute approximate surface area is 445 Å². The summed E-state index contributed by atoms with van der Waals surface area (Å²) in [6.07, 6.45) is 0. The molecule has 0 N–H and O–H groups in total. The molecule has 12 aromatic rings. The van der Waals surface area contributed by atoms with Crippen molar-refractivity contribution in [3.05, 3.63) is 289 Å². The van der Waals surface area contributed by atoms with Gasteiger partial charge in [-0.15, -0.1) is 0 Å². The number of fused-ring (bicyclic) bond motifs is 7. The van der Waals surface area contributed by atoms with E-state index in [0.29, 0.717) is 0 Å². The molecule has 76 heavy (non-hydrogen) atoms.